The van der Waals surface area contributed by atoms with Crippen LogP contribution in [0.2, 0.25) is 0 Å². The van der Waals surface area contributed by atoms with Crippen molar-refractivity contribution in [3.63, 3.8) is 0 Å². The SMILES string of the molecule is CCCCCCc1ccsc1-c1ccc(-c2ccc(-c3sc(-c4cc(-c5cc(CCCCCC)c(-c6ccc(-c7ccc(-c8sc(OC)cc8CCCCCC)s7)s6)s5)cc(-c5cc(CCCCCC)c(-c6ccc(-c7ccc(-c8sc(OC)cc8CCCCCC)s7)s6)s5)c4)cc3CCCCCC)s2)s1. The number of methoxy groups -OCH3 is 2. The number of rotatable bonds is 44. The summed E-state index contributed by atoms with van der Waals surface area (Å²) in [4.78, 5) is 29.1. The van der Waals surface area contributed by atoms with Gasteiger partial charge in [-0.25, -0.2) is 0 Å². The third-order valence-corrected chi connectivity index (χ3v) is 35.5. The van der Waals surface area contributed by atoms with Crippen LogP contribution >= 0.6 is 136 Å². The second-order valence-corrected chi connectivity index (χ2v) is 41.2. The Kier molecular flexibility index (Phi) is 29.9. The third-order valence-electron chi connectivity index (χ3n) is 20.4. The molecule has 0 saturated carbocycles. The molecule has 0 saturated heterocycles. The number of aryl methyl sites for hydroxylation is 6. The van der Waals surface area contributed by atoms with E-state index in [1.165, 1.54) is 313 Å². The molecule has 2 nitrogen and oxygen atoms in total. The molecule has 0 atom stereocenters. The van der Waals surface area contributed by atoms with Crippen molar-refractivity contribution in [3.8, 4) is 129 Å². The molecule has 0 spiro atoms. The number of unbranched alkanes of at least 4 members (excludes halogenated alkanes) is 18. The molecule has 0 aliphatic rings. The topological polar surface area (TPSA) is 18.5 Å². The maximum Gasteiger partial charge on any atom is 0.174 e. The Hall–Kier alpha value is -4.78. The number of benzene rings is 1. The van der Waals surface area contributed by atoms with Crippen molar-refractivity contribution in [2.24, 2.45) is 0 Å². The lowest BCUT2D eigenvalue weighted by atomic mass is 9.99. The van der Waals surface area contributed by atoms with Gasteiger partial charge >= 0.3 is 0 Å². The zero-order valence-corrected chi connectivity index (χ0v) is 73.4. The molecule has 558 valence electrons. The average Bonchev–Trinajstić information content (AvgIpc) is 1.63. The van der Waals surface area contributed by atoms with Gasteiger partial charge in [0, 0.05) is 92.7 Å². The molecule has 0 radical (unpaired) electrons. The summed E-state index contributed by atoms with van der Waals surface area (Å²) in [6.07, 6.45) is 36.8. The van der Waals surface area contributed by atoms with E-state index in [-0.39, 0.29) is 0 Å². The molecule has 14 heteroatoms. The van der Waals surface area contributed by atoms with E-state index >= 15 is 0 Å². The highest BCUT2D eigenvalue weighted by molar-refractivity contribution is 7.31. The highest BCUT2D eigenvalue weighted by Crippen LogP contribution is 2.54. The van der Waals surface area contributed by atoms with Crippen LogP contribution in [0.15, 0.2) is 133 Å². The molecular weight excluding hydrogens is 1520 g/mol. The second kappa shape index (κ2) is 39.9. The van der Waals surface area contributed by atoms with Gasteiger partial charge in [-0.1, -0.05) is 180 Å². The summed E-state index contributed by atoms with van der Waals surface area (Å²) in [6.45, 7) is 13.9. The smallest absolute Gasteiger partial charge is 0.174 e. The molecule has 0 fully saturated rings. The standard InChI is InChI=1S/C92H106O2S12/c1-9-15-21-27-33-61-51-52-95-87(61)76-45-39-70(96-76)71-40-46-77(97-71)88-62(34-28-22-16-10-2)56-82(102-88)67-53-68(83-57-63(35-29-23-17-11-3)89(103-83)78-47-41-72(98-78)74-43-49-80(100-74)91-65(37-31-25-19-13-5)59-85(93-7)105-91)55-69(54-67)84-58-64(36-30-24-18-12-4)90(104-84)79-48-42-73(99-79)75-44-50-81(101-75)92-66(38-32-26-20-14-6)60-86(94-8)106-92/h39-60H,9-38H2,1-8H3. The Balaban J connectivity index is 0.889. The molecule has 1 aromatic carbocycles. The van der Waals surface area contributed by atoms with Crippen molar-refractivity contribution in [1.82, 2.24) is 0 Å². The van der Waals surface area contributed by atoms with Crippen LogP contribution < -0.4 is 9.47 Å². The fraction of sp³-hybridized carbons (Fsp3) is 0.413. The zero-order valence-electron chi connectivity index (χ0n) is 63.6. The molecule has 0 aliphatic carbocycles. The molecule has 0 unspecified atom stereocenters. The molecule has 106 heavy (non-hydrogen) atoms. The average molecular weight is 1630 g/mol. The first-order chi connectivity index (χ1) is 52.2. The van der Waals surface area contributed by atoms with Crippen LogP contribution in [0, 0.1) is 0 Å². The molecule has 12 heterocycles. The molecule has 12 aromatic heterocycles. The number of ether oxygens (including phenoxy) is 2. The van der Waals surface area contributed by atoms with E-state index in [9.17, 15) is 0 Å². The fourth-order valence-electron chi connectivity index (χ4n) is 14.5. The highest BCUT2D eigenvalue weighted by atomic mass is 32.1. The summed E-state index contributed by atoms with van der Waals surface area (Å²) in [6, 6.07) is 51.4. The minimum Gasteiger partial charge on any atom is -0.487 e. The molecule has 13 aromatic rings. The summed E-state index contributed by atoms with van der Waals surface area (Å²) in [5, 5.41) is 4.33. The number of hydrogen-bond donors (Lipinski definition) is 0. The van der Waals surface area contributed by atoms with Gasteiger partial charge in [-0.05, 0) is 260 Å². The fourth-order valence-corrected chi connectivity index (χ4v) is 28.3. The van der Waals surface area contributed by atoms with Crippen molar-refractivity contribution in [3.05, 3.63) is 166 Å². The van der Waals surface area contributed by atoms with Crippen molar-refractivity contribution >= 4 is 136 Å². The monoisotopic (exact) mass is 1630 g/mol. The van der Waals surface area contributed by atoms with Crippen LogP contribution in [0.3, 0.4) is 0 Å². The summed E-state index contributed by atoms with van der Waals surface area (Å²) in [5.41, 5.74) is 12.9. The predicted molar refractivity (Wildman–Crippen MR) is 486 cm³/mol. The van der Waals surface area contributed by atoms with Crippen LogP contribution in [0.5, 0.6) is 10.1 Å². The Labute approximate surface area is 682 Å². The predicted octanol–water partition coefficient (Wildman–Crippen LogP) is 35.2. The molecular formula is C92H106O2S12. The van der Waals surface area contributed by atoms with Crippen LogP contribution in [0.4, 0.5) is 0 Å². The van der Waals surface area contributed by atoms with Gasteiger partial charge in [-0.15, -0.1) is 113 Å². The van der Waals surface area contributed by atoms with E-state index < -0.39 is 0 Å². The highest BCUT2D eigenvalue weighted by Gasteiger charge is 2.25. The van der Waals surface area contributed by atoms with Gasteiger partial charge in [0.2, 0.25) is 0 Å². The Morgan fingerprint density at radius 2 is 0.443 bits per heavy atom. The molecule has 0 amide bonds. The first kappa shape index (κ1) is 79.3. The zero-order chi connectivity index (χ0) is 73.1. The van der Waals surface area contributed by atoms with Gasteiger partial charge in [-0.3, -0.25) is 0 Å². The molecule has 0 bridgehead atoms. The van der Waals surface area contributed by atoms with E-state index in [1.807, 2.05) is 150 Å². The summed E-state index contributed by atoms with van der Waals surface area (Å²) in [7, 11) is 3.64. The molecule has 0 N–H and O–H groups in total. The number of hydrogen-bond acceptors (Lipinski definition) is 14. The lowest BCUT2D eigenvalue weighted by Crippen LogP contribution is -1.86. The number of thiophene rings is 12. The minimum absolute atomic E-state index is 1.01. The quantitative estimate of drug-likeness (QED) is 0.0354. The van der Waals surface area contributed by atoms with Crippen LogP contribution in [-0.2, 0) is 38.5 Å². The minimum atomic E-state index is 1.01. The Morgan fingerprint density at radius 1 is 0.208 bits per heavy atom. The lowest BCUT2D eigenvalue weighted by molar-refractivity contribution is 0.426. The summed E-state index contributed by atoms with van der Waals surface area (Å²) in [5.74, 6) is 0. The largest absolute Gasteiger partial charge is 0.487 e. The molecule has 13 rings (SSSR count). The van der Waals surface area contributed by atoms with Gasteiger partial charge in [-0.2, -0.15) is 0 Å². The van der Waals surface area contributed by atoms with Crippen LogP contribution in [0.25, 0.3) is 119 Å². The maximum atomic E-state index is 5.86. The van der Waals surface area contributed by atoms with E-state index in [4.69, 9.17) is 9.47 Å². The summed E-state index contributed by atoms with van der Waals surface area (Å²) >= 11 is 23.5. The van der Waals surface area contributed by atoms with E-state index in [0.717, 1.165) is 42.2 Å². The van der Waals surface area contributed by atoms with Gasteiger partial charge < -0.3 is 9.47 Å². The second-order valence-electron chi connectivity index (χ2n) is 28.6. The van der Waals surface area contributed by atoms with Gasteiger partial charge in [0.25, 0.3) is 0 Å². The van der Waals surface area contributed by atoms with E-state index in [1.54, 1.807) is 0 Å². The molecule has 0 aliphatic heterocycles. The first-order valence-corrected chi connectivity index (χ1v) is 49.6. The Morgan fingerprint density at radius 3 is 0.708 bits per heavy atom. The van der Waals surface area contributed by atoms with Gasteiger partial charge in [0.05, 0.1) is 24.0 Å². The lowest BCUT2D eigenvalue weighted by Gasteiger charge is -2.08. The van der Waals surface area contributed by atoms with Crippen LogP contribution in [-0.4, -0.2) is 14.2 Å². The maximum absolute atomic E-state index is 5.86. The third kappa shape index (κ3) is 19.9. The van der Waals surface area contributed by atoms with Crippen LogP contribution in [0.1, 0.15) is 229 Å². The van der Waals surface area contributed by atoms with Crippen molar-refractivity contribution in [2.75, 3.05) is 14.2 Å². The van der Waals surface area contributed by atoms with E-state index in [2.05, 4.69) is 174 Å². The van der Waals surface area contributed by atoms with Crippen molar-refractivity contribution in [1.29, 1.82) is 0 Å². The van der Waals surface area contributed by atoms with Gasteiger partial charge in [0.1, 0.15) is 0 Å². The van der Waals surface area contributed by atoms with Crippen molar-refractivity contribution in [2.45, 2.75) is 234 Å². The van der Waals surface area contributed by atoms with Gasteiger partial charge in [0.15, 0.2) is 10.1 Å². The summed E-state index contributed by atoms with van der Waals surface area (Å²) < 4.78 is 11.7. The normalized spacial score (nSPS) is 11.8. The van der Waals surface area contributed by atoms with Crippen molar-refractivity contribution < 1.29 is 9.47 Å². The Bertz CT molecular complexity index is 4630. The first-order valence-electron chi connectivity index (χ1n) is 39.7. The van der Waals surface area contributed by atoms with E-state index in [0.29, 0.717) is 0 Å².